The third kappa shape index (κ3) is 6.45. The lowest BCUT2D eigenvalue weighted by Crippen LogP contribution is -2.00. The lowest BCUT2D eigenvalue weighted by atomic mass is 10.2. The number of ether oxygens (including phenoxy) is 4. The molecule has 1 heterocycles. The number of benzene rings is 2. The Labute approximate surface area is 197 Å². The average molecular weight is 463 g/mol. The van der Waals surface area contributed by atoms with Crippen molar-refractivity contribution in [3.63, 3.8) is 0 Å². The van der Waals surface area contributed by atoms with Crippen LogP contribution in [0.4, 0.5) is 5.95 Å². The van der Waals surface area contributed by atoms with Crippen LogP contribution in [-0.2, 0) is 0 Å². The van der Waals surface area contributed by atoms with E-state index in [-0.39, 0.29) is 0 Å². The van der Waals surface area contributed by atoms with Crippen LogP contribution in [0.2, 0.25) is 0 Å². The van der Waals surface area contributed by atoms with E-state index < -0.39 is 0 Å². The van der Waals surface area contributed by atoms with Gasteiger partial charge in [0.15, 0.2) is 23.0 Å². The Hall–Kier alpha value is -4.60. The predicted octanol–water partition coefficient (Wildman–Crippen LogP) is 3.75. The number of nitrogens with zero attached hydrogens (tertiary/aromatic N) is 5. The Morgan fingerprint density at radius 1 is 0.882 bits per heavy atom. The van der Waals surface area contributed by atoms with Crippen molar-refractivity contribution in [2.45, 2.75) is 0 Å². The minimum atomic E-state index is 0.336. The first-order valence-electron chi connectivity index (χ1n) is 10.3. The quantitative estimate of drug-likeness (QED) is 0.234. The van der Waals surface area contributed by atoms with Crippen molar-refractivity contribution in [1.82, 2.24) is 14.9 Å². The summed E-state index contributed by atoms with van der Waals surface area (Å²) in [5, 5.41) is 16.4. The summed E-state index contributed by atoms with van der Waals surface area (Å²) in [6, 6.07) is 10.9. The molecule has 0 fully saturated rings. The summed E-state index contributed by atoms with van der Waals surface area (Å²) in [5.74, 6) is 2.77. The smallest absolute Gasteiger partial charge is 0.265 e. The highest BCUT2D eigenvalue weighted by molar-refractivity contribution is 5.82. The molecule has 1 aromatic heterocycles. The molecule has 3 aromatic rings. The number of hydrogen-bond donors (Lipinski definition) is 1. The fourth-order valence-corrected chi connectivity index (χ4v) is 2.75. The molecular weight excluding hydrogens is 436 g/mol. The number of hydrogen-bond acceptors (Lipinski definition) is 9. The third-order valence-electron chi connectivity index (χ3n) is 4.33. The van der Waals surface area contributed by atoms with Gasteiger partial charge in [0.1, 0.15) is 19.5 Å². The van der Waals surface area contributed by atoms with E-state index in [1.165, 1.54) is 11.0 Å². The second-order valence-corrected chi connectivity index (χ2v) is 6.63. The molecule has 176 valence electrons. The number of anilines is 1. The van der Waals surface area contributed by atoms with E-state index in [2.05, 4.69) is 39.0 Å². The summed E-state index contributed by atoms with van der Waals surface area (Å²) in [5.41, 5.74) is 4.43. The van der Waals surface area contributed by atoms with Gasteiger partial charge >= 0.3 is 0 Å². The van der Waals surface area contributed by atoms with Crippen molar-refractivity contribution in [1.29, 1.82) is 0 Å². The van der Waals surface area contributed by atoms with E-state index in [1.54, 1.807) is 50.9 Å². The van der Waals surface area contributed by atoms with Gasteiger partial charge in [-0.2, -0.15) is 14.9 Å². The van der Waals surface area contributed by atoms with E-state index in [0.717, 1.165) is 11.1 Å². The third-order valence-corrected chi connectivity index (χ3v) is 4.33. The van der Waals surface area contributed by atoms with Crippen molar-refractivity contribution >= 4 is 18.4 Å². The molecule has 0 spiro atoms. The first-order valence-corrected chi connectivity index (χ1v) is 10.3. The van der Waals surface area contributed by atoms with Crippen molar-refractivity contribution in [3.8, 4) is 23.0 Å². The number of hydrazone groups is 1. The van der Waals surface area contributed by atoms with Gasteiger partial charge in [0.25, 0.3) is 5.95 Å². The largest absolute Gasteiger partial charge is 0.493 e. The highest BCUT2D eigenvalue weighted by atomic mass is 16.5. The van der Waals surface area contributed by atoms with Gasteiger partial charge in [-0.25, -0.2) is 5.43 Å². The number of methoxy groups -OCH3 is 2. The molecule has 1 N–H and O–H groups in total. The number of aromatic nitrogens is 3. The first kappa shape index (κ1) is 24.1. The summed E-state index contributed by atoms with van der Waals surface area (Å²) >= 11 is 0. The molecule has 0 amide bonds. The van der Waals surface area contributed by atoms with Crippen LogP contribution in [0.15, 0.2) is 78.2 Å². The molecule has 10 heteroatoms. The van der Waals surface area contributed by atoms with Gasteiger partial charge in [-0.05, 0) is 47.5 Å². The maximum atomic E-state index is 5.56. The van der Waals surface area contributed by atoms with Crippen LogP contribution in [0.1, 0.15) is 11.1 Å². The fraction of sp³-hybridized carbons (Fsp3) is 0.167. The molecule has 10 nitrogen and oxygen atoms in total. The Bertz CT molecular complexity index is 1170. The van der Waals surface area contributed by atoms with Gasteiger partial charge in [-0.15, -0.1) is 10.2 Å². The zero-order valence-corrected chi connectivity index (χ0v) is 19.0. The highest BCUT2D eigenvalue weighted by Crippen LogP contribution is 2.28. The van der Waals surface area contributed by atoms with Crippen molar-refractivity contribution in [3.05, 3.63) is 79.2 Å². The van der Waals surface area contributed by atoms with Crippen molar-refractivity contribution < 1.29 is 18.9 Å². The Morgan fingerprint density at radius 3 is 2.03 bits per heavy atom. The van der Waals surface area contributed by atoms with Crippen LogP contribution in [0, 0.1) is 0 Å². The SMILES string of the molecule is C=CCOc1ccc(/C=N\n2cnnc2N/N=C/c2ccc(OCC=C)c(OC)c2)cc1OC. The lowest BCUT2D eigenvalue weighted by molar-refractivity contribution is 0.326. The van der Waals surface area contributed by atoms with Gasteiger partial charge in [0.2, 0.25) is 0 Å². The van der Waals surface area contributed by atoms with Gasteiger partial charge in [0, 0.05) is 0 Å². The van der Waals surface area contributed by atoms with E-state index in [9.17, 15) is 0 Å². The first-order chi connectivity index (χ1) is 16.7. The number of rotatable bonds is 13. The predicted molar refractivity (Wildman–Crippen MR) is 132 cm³/mol. The standard InChI is InChI=1S/C24H26N6O4/c1-5-11-33-20-9-7-18(13-22(20)31-3)15-25-28-24-29-26-17-30(24)27-16-19-8-10-21(34-12-6-2)23(14-19)32-4/h5-10,13-17H,1-2,11-12H2,3-4H3,(H,28,29)/b25-15+,27-16-. The molecule has 0 radical (unpaired) electrons. The molecule has 0 aliphatic rings. The molecule has 0 aliphatic carbocycles. The average Bonchev–Trinajstić information content (AvgIpc) is 3.32. The molecule has 0 bridgehead atoms. The Morgan fingerprint density at radius 2 is 1.47 bits per heavy atom. The normalized spacial score (nSPS) is 10.9. The van der Waals surface area contributed by atoms with Gasteiger partial charge < -0.3 is 18.9 Å². The molecule has 0 unspecified atom stereocenters. The summed E-state index contributed by atoms with van der Waals surface area (Å²) in [7, 11) is 3.15. The highest BCUT2D eigenvalue weighted by Gasteiger charge is 2.06. The fourth-order valence-electron chi connectivity index (χ4n) is 2.75. The van der Waals surface area contributed by atoms with Crippen LogP contribution in [0.25, 0.3) is 0 Å². The lowest BCUT2D eigenvalue weighted by Gasteiger charge is -2.09. The molecule has 0 saturated carbocycles. The van der Waals surface area contributed by atoms with Crippen LogP contribution < -0.4 is 24.4 Å². The molecule has 0 saturated heterocycles. The summed E-state index contributed by atoms with van der Waals surface area (Å²) in [4.78, 5) is 0. The minimum absolute atomic E-state index is 0.336. The van der Waals surface area contributed by atoms with Crippen molar-refractivity contribution in [2.75, 3.05) is 32.9 Å². The second-order valence-electron chi connectivity index (χ2n) is 6.63. The van der Waals surface area contributed by atoms with E-state index in [4.69, 9.17) is 18.9 Å². The van der Waals surface area contributed by atoms with Gasteiger partial charge in [0.05, 0.1) is 26.6 Å². The minimum Gasteiger partial charge on any atom is -0.493 e. The summed E-state index contributed by atoms with van der Waals surface area (Å²) in [6.07, 6.45) is 8.06. The Kier molecular flexibility index (Phi) is 8.80. The monoisotopic (exact) mass is 462 g/mol. The zero-order chi connectivity index (χ0) is 24.2. The summed E-state index contributed by atoms with van der Waals surface area (Å²) in [6.45, 7) is 8.06. The molecule has 34 heavy (non-hydrogen) atoms. The van der Waals surface area contributed by atoms with Crippen LogP contribution >= 0.6 is 0 Å². The van der Waals surface area contributed by atoms with Crippen LogP contribution in [0.3, 0.4) is 0 Å². The topological polar surface area (TPSA) is 104 Å². The molecule has 3 rings (SSSR count). The van der Waals surface area contributed by atoms with Crippen molar-refractivity contribution in [2.24, 2.45) is 10.2 Å². The molecular formula is C24H26N6O4. The van der Waals surface area contributed by atoms with Gasteiger partial charge in [-0.3, -0.25) is 0 Å². The van der Waals surface area contributed by atoms with E-state index in [1.807, 2.05) is 24.3 Å². The number of nitrogens with one attached hydrogen (secondary N) is 1. The Balaban J connectivity index is 1.67. The summed E-state index contributed by atoms with van der Waals surface area (Å²) < 4.78 is 23.3. The van der Waals surface area contributed by atoms with Crippen LogP contribution in [0.5, 0.6) is 23.0 Å². The zero-order valence-electron chi connectivity index (χ0n) is 19.0. The van der Waals surface area contributed by atoms with E-state index >= 15 is 0 Å². The maximum absolute atomic E-state index is 5.56. The maximum Gasteiger partial charge on any atom is 0.265 e. The second kappa shape index (κ2) is 12.4. The van der Waals surface area contributed by atoms with Crippen LogP contribution in [-0.4, -0.2) is 54.7 Å². The molecule has 0 atom stereocenters. The molecule has 0 aliphatic heterocycles. The molecule has 2 aromatic carbocycles. The van der Waals surface area contributed by atoms with Gasteiger partial charge in [-0.1, -0.05) is 25.3 Å². The van der Waals surface area contributed by atoms with E-state index in [0.29, 0.717) is 42.2 Å².